The minimum Gasteiger partial charge on any atom is -0.460 e. The van der Waals surface area contributed by atoms with Gasteiger partial charge in [-0.2, -0.15) is 0 Å². The van der Waals surface area contributed by atoms with Crippen LogP contribution in [0.4, 0.5) is 0 Å². The van der Waals surface area contributed by atoms with Gasteiger partial charge in [0.2, 0.25) is 5.78 Å². The number of furan rings is 1. The van der Waals surface area contributed by atoms with Crippen LogP contribution in [-0.2, 0) is 0 Å². The fraction of sp³-hybridized carbons (Fsp3) is 0.545. The van der Waals surface area contributed by atoms with Gasteiger partial charge in [0.15, 0.2) is 5.76 Å². The second kappa shape index (κ2) is 5.47. The van der Waals surface area contributed by atoms with E-state index in [2.05, 4.69) is 29.8 Å². The van der Waals surface area contributed by atoms with Crippen molar-refractivity contribution in [2.75, 3.05) is 6.54 Å². The van der Waals surface area contributed by atoms with Gasteiger partial charge in [0.05, 0.1) is 10.7 Å². The molecular weight excluding hydrogens is 258 g/mol. The molecule has 15 heavy (non-hydrogen) atoms. The summed E-state index contributed by atoms with van der Waals surface area (Å²) < 4.78 is 5.84. The highest BCUT2D eigenvalue weighted by Crippen LogP contribution is 2.23. The Morgan fingerprint density at radius 2 is 2.27 bits per heavy atom. The van der Waals surface area contributed by atoms with E-state index in [1.54, 1.807) is 6.07 Å². The average Bonchev–Trinajstić information content (AvgIpc) is 2.59. The molecule has 1 unspecified atom stereocenters. The van der Waals surface area contributed by atoms with Crippen LogP contribution in [0.1, 0.15) is 30.8 Å². The van der Waals surface area contributed by atoms with Crippen LogP contribution in [0.2, 0.25) is 0 Å². The topological polar surface area (TPSA) is 56.2 Å². The maximum atomic E-state index is 12.0. The van der Waals surface area contributed by atoms with Crippen LogP contribution >= 0.6 is 15.9 Å². The Bertz CT molecular complexity index is 333. The third kappa shape index (κ3) is 3.18. The number of Topliss-reactive ketones (excluding diaryl/α,β-unsaturated/α-hetero) is 1. The molecule has 0 spiro atoms. The van der Waals surface area contributed by atoms with Gasteiger partial charge in [-0.15, -0.1) is 0 Å². The van der Waals surface area contributed by atoms with E-state index < -0.39 is 0 Å². The van der Waals surface area contributed by atoms with E-state index in [4.69, 9.17) is 10.2 Å². The molecule has 1 aromatic heterocycles. The first kappa shape index (κ1) is 12.5. The first-order valence-electron chi connectivity index (χ1n) is 5.03. The standard InChI is InChI=1S/C11H16BrNO2/c1-7(2)5-8(6-13)10(14)11-9(12)3-4-15-11/h3-4,7-8H,5-6,13H2,1-2H3. The molecule has 0 aliphatic heterocycles. The summed E-state index contributed by atoms with van der Waals surface area (Å²) in [6.07, 6.45) is 2.29. The Labute approximate surface area is 98.1 Å². The van der Waals surface area contributed by atoms with Crippen molar-refractivity contribution in [3.05, 3.63) is 22.6 Å². The molecule has 0 fully saturated rings. The molecule has 1 heterocycles. The Morgan fingerprint density at radius 1 is 1.60 bits per heavy atom. The van der Waals surface area contributed by atoms with Gasteiger partial charge in [-0.25, -0.2) is 0 Å². The van der Waals surface area contributed by atoms with Gasteiger partial charge in [0.25, 0.3) is 0 Å². The predicted molar refractivity (Wildman–Crippen MR) is 62.7 cm³/mol. The maximum absolute atomic E-state index is 12.0. The zero-order valence-corrected chi connectivity index (χ0v) is 10.6. The number of nitrogens with two attached hydrogens (primary N) is 1. The Balaban J connectivity index is 2.78. The highest BCUT2D eigenvalue weighted by atomic mass is 79.9. The molecule has 84 valence electrons. The van der Waals surface area contributed by atoms with E-state index in [0.717, 1.165) is 6.42 Å². The van der Waals surface area contributed by atoms with Crippen LogP contribution in [0, 0.1) is 11.8 Å². The third-order valence-electron chi connectivity index (χ3n) is 2.25. The highest BCUT2D eigenvalue weighted by molar-refractivity contribution is 9.10. The van der Waals surface area contributed by atoms with Gasteiger partial charge < -0.3 is 10.2 Å². The van der Waals surface area contributed by atoms with Crippen molar-refractivity contribution in [1.82, 2.24) is 0 Å². The fourth-order valence-corrected chi connectivity index (χ4v) is 1.93. The number of carbonyl (C=O) groups excluding carboxylic acids is 1. The predicted octanol–water partition coefficient (Wildman–Crippen LogP) is 2.85. The summed E-state index contributed by atoms with van der Waals surface area (Å²) in [5.74, 6) is 0.679. The molecular formula is C11H16BrNO2. The third-order valence-corrected chi connectivity index (χ3v) is 2.88. The second-order valence-electron chi connectivity index (χ2n) is 4.02. The lowest BCUT2D eigenvalue weighted by atomic mass is 9.92. The summed E-state index contributed by atoms with van der Waals surface area (Å²) in [5, 5.41) is 0. The van der Waals surface area contributed by atoms with E-state index in [-0.39, 0.29) is 11.7 Å². The summed E-state index contributed by atoms with van der Waals surface area (Å²) in [6, 6.07) is 1.72. The molecule has 0 saturated heterocycles. The van der Waals surface area contributed by atoms with Crippen molar-refractivity contribution in [2.45, 2.75) is 20.3 Å². The molecule has 0 saturated carbocycles. The van der Waals surface area contributed by atoms with E-state index in [1.807, 2.05) is 0 Å². The molecule has 0 aliphatic rings. The van der Waals surface area contributed by atoms with Gasteiger partial charge in [-0.3, -0.25) is 4.79 Å². The Kier molecular flexibility index (Phi) is 4.54. The molecule has 0 bridgehead atoms. The fourth-order valence-electron chi connectivity index (χ4n) is 1.53. The van der Waals surface area contributed by atoms with Crippen LogP contribution in [0.25, 0.3) is 0 Å². The SMILES string of the molecule is CC(C)CC(CN)C(=O)c1occc1Br. The normalized spacial score (nSPS) is 13.1. The van der Waals surface area contributed by atoms with Crippen LogP contribution in [0.3, 0.4) is 0 Å². The van der Waals surface area contributed by atoms with Crippen LogP contribution < -0.4 is 5.73 Å². The molecule has 0 aliphatic carbocycles. The number of hydrogen-bond acceptors (Lipinski definition) is 3. The summed E-state index contributed by atoms with van der Waals surface area (Å²) in [6.45, 7) is 4.52. The van der Waals surface area contributed by atoms with Crippen molar-refractivity contribution in [3.8, 4) is 0 Å². The van der Waals surface area contributed by atoms with E-state index in [1.165, 1.54) is 6.26 Å². The summed E-state index contributed by atoms with van der Waals surface area (Å²) in [5.41, 5.74) is 5.60. The average molecular weight is 274 g/mol. The van der Waals surface area contributed by atoms with Crippen LogP contribution in [-0.4, -0.2) is 12.3 Å². The number of carbonyl (C=O) groups is 1. The largest absolute Gasteiger partial charge is 0.460 e. The zero-order valence-electron chi connectivity index (χ0n) is 9.00. The van der Waals surface area contributed by atoms with Gasteiger partial charge in [0.1, 0.15) is 0 Å². The number of rotatable bonds is 5. The first-order valence-corrected chi connectivity index (χ1v) is 5.82. The minimum absolute atomic E-state index is 0.0110. The zero-order chi connectivity index (χ0) is 11.4. The van der Waals surface area contributed by atoms with E-state index in [9.17, 15) is 4.79 Å². The smallest absolute Gasteiger partial charge is 0.203 e. The van der Waals surface area contributed by atoms with E-state index >= 15 is 0 Å². The molecule has 0 radical (unpaired) electrons. The number of ketones is 1. The highest BCUT2D eigenvalue weighted by Gasteiger charge is 2.24. The lowest BCUT2D eigenvalue weighted by Crippen LogP contribution is -2.25. The lowest BCUT2D eigenvalue weighted by Gasteiger charge is -2.14. The first-order chi connectivity index (χ1) is 7.06. The summed E-state index contributed by atoms with van der Waals surface area (Å²) in [4.78, 5) is 12.0. The lowest BCUT2D eigenvalue weighted by molar-refractivity contribution is 0.0879. The molecule has 0 amide bonds. The van der Waals surface area contributed by atoms with Crippen LogP contribution in [0.5, 0.6) is 0 Å². The van der Waals surface area contributed by atoms with Crippen molar-refractivity contribution in [2.24, 2.45) is 17.6 Å². The van der Waals surface area contributed by atoms with Crippen molar-refractivity contribution < 1.29 is 9.21 Å². The van der Waals surface area contributed by atoms with E-state index in [0.29, 0.717) is 22.7 Å². The van der Waals surface area contributed by atoms with Gasteiger partial charge in [-0.1, -0.05) is 13.8 Å². The number of halogens is 1. The second-order valence-corrected chi connectivity index (χ2v) is 4.88. The molecule has 1 aromatic rings. The minimum atomic E-state index is -0.146. The monoisotopic (exact) mass is 273 g/mol. The Hall–Kier alpha value is -0.610. The molecule has 3 nitrogen and oxygen atoms in total. The number of hydrogen-bond donors (Lipinski definition) is 1. The maximum Gasteiger partial charge on any atom is 0.203 e. The Morgan fingerprint density at radius 3 is 2.67 bits per heavy atom. The molecule has 0 aromatic carbocycles. The summed E-state index contributed by atoms with van der Waals surface area (Å²) >= 11 is 3.28. The van der Waals surface area contributed by atoms with Crippen molar-refractivity contribution in [1.29, 1.82) is 0 Å². The van der Waals surface area contributed by atoms with Gasteiger partial charge in [0, 0.05) is 12.5 Å². The molecule has 1 atom stereocenters. The molecule has 4 heteroatoms. The summed E-state index contributed by atoms with van der Waals surface area (Å²) in [7, 11) is 0. The van der Waals surface area contributed by atoms with Crippen molar-refractivity contribution >= 4 is 21.7 Å². The quantitative estimate of drug-likeness (QED) is 0.840. The molecule has 1 rings (SSSR count). The van der Waals surface area contributed by atoms with Gasteiger partial charge in [-0.05, 0) is 34.3 Å². The van der Waals surface area contributed by atoms with Crippen LogP contribution in [0.15, 0.2) is 21.2 Å². The van der Waals surface area contributed by atoms with Gasteiger partial charge >= 0.3 is 0 Å². The molecule has 2 N–H and O–H groups in total. The van der Waals surface area contributed by atoms with Crippen molar-refractivity contribution in [3.63, 3.8) is 0 Å².